The lowest BCUT2D eigenvalue weighted by atomic mass is 9.98. The highest BCUT2D eigenvalue weighted by Crippen LogP contribution is 2.32. The number of fused-ring (bicyclic) bond motifs is 1. The van der Waals surface area contributed by atoms with Crippen LogP contribution in [0.1, 0.15) is 31.7 Å². The first-order valence-corrected chi connectivity index (χ1v) is 7.16. The molecule has 6 heteroatoms. The molecule has 0 aliphatic carbocycles. The number of nitrogens with zero attached hydrogens (tertiary/aromatic N) is 2. The fraction of sp³-hybridized carbons (Fsp3) is 0.312. The number of benzene rings is 1. The average Bonchev–Trinajstić information content (AvgIpc) is 2.47. The van der Waals surface area contributed by atoms with Gasteiger partial charge in [0.15, 0.2) is 0 Å². The molecule has 3 rings (SSSR count). The van der Waals surface area contributed by atoms with Crippen molar-refractivity contribution in [3.8, 4) is 0 Å². The smallest absolute Gasteiger partial charge is 0.291 e. The summed E-state index contributed by atoms with van der Waals surface area (Å²) in [6.45, 7) is 4.11. The minimum Gasteiger partial charge on any atom is -0.291 e. The van der Waals surface area contributed by atoms with Crippen LogP contribution < -0.4 is 10.2 Å². The maximum absolute atomic E-state index is 14.6. The van der Waals surface area contributed by atoms with Crippen molar-refractivity contribution in [3.05, 3.63) is 35.9 Å². The van der Waals surface area contributed by atoms with Gasteiger partial charge >= 0.3 is 6.03 Å². The third-order valence-electron chi connectivity index (χ3n) is 3.85. The number of imide groups is 1. The van der Waals surface area contributed by atoms with Gasteiger partial charge in [-0.15, -0.1) is 0 Å². The third kappa shape index (κ3) is 2.30. The van der Waals surface area contributed by atoms with E-state index >= 15 is 0 Å². The average molecular weight is 301 g/mol. The van der Waals surface area contributed by atoms with Crippen LogP contribution in [0.2, 0.25) is 0 Å². The summed E-state index contributed by atoms with van der Waals surface area (Å²) < 4.78 is 14.6. The number of anilines is 1. The molecule has 0 unspecified atom stereocenters. The zero-order chi connectivity index (χ0) is 15.9. The van der Waals surface area contributed by atoms with Crippen LogP contribution in [0.5, 0.6) is 0 Å². The van der Waals surface area contributed by atoms with Crippen molar-refractivity contribution in [2.75, 3.05) is 11.4 Å². The summed E-state index contributed by atoms with van der Waals surface area (Å²) in [5.74, 6) is -0.554. The van der Waals surface area contributed by atoms with Gasteiger partial charge in [-0.2, -0.15) is 0 Å². The molecule has 2 heterocycles. The molecule has 1 fully saturated rings. The minimum atomic E-state index is -0.501. The lowest BCUT2D eigenvalue weighted by Gasteiger charge is -2.27. The van der Waals surface area contributed by atoms with Gasteiger partial charge in [0.1, 0.15) is 5.82 Å². The fourth-order valence-corrected chi connectivity index (χ4v) is 2.67. The van der Waals surface area contributed by atoms with Gasteiger partial charge in [0, 0.05) is 29.9 Å². The topological polar surface area (TPSA) is 62.3 Å². The molecule has 1 saturated heterocycles. The van der Waals surface area contributed by atoms with Crippen LogP contribution in [0.3, 0.4) is 0 Å². The van der Waals surface area contributed by atoms with E-state index in [9.17, 15) is 14.0 Å². The molecule has 5 nitrogen and oxygen atoms in total. The van der Waals surface area contributed by atoms with E-state index in [-0.39, 0.29) is 30.6 Å². The van der Waals surface area contributed by atoms with Crippen molar-refractivity contribution in [1.29, 1.82) is 0 Å². The lowest BCUT2D eigenvalue weighted by Crippen LogP contribution is -2.49. The molecule has 1 aliphatic rings. The van der Waals surface area contributed by atoms with E-state index in [4.69, 9.17) is 0 Å². The first-order chi connectivity index (χ1) is 10.5. The van der Waals surface area contributed by atoms with E-state index in [0.29, 0.717) is 22.0 Å². The van der Waals surface area contributed by atoms with Crippen LogP contribution in [-0.2, 0) is 4.79 Å². The standard InChI is InChI=1S/C16H16FN3O2/c1-9(2)10-3-4-11-12(15(10)17)7-18-8-13(11)20-6-5-14(21)19-16(20)22/h3-4,7-9H,5-6H2,1-2H3,(H,19,21,22). The summed E-state index contributed by atoms with van der Waals surface area (Å²) in [7, 11) is 0. The summed E-state index contributed by atoms with van der Waals surface area (Å²) >= 11 is 0. The lowest BCUT2D eigenvalue weighted by molar-refractivity contribution is -0.120. The summed E-state index contributed by atoms with van der Waals surface area (Å²) in [5.41, 5.74) is 1.13. The second-order valence-electron chi connectivity index (χ2n) is 5.63. The molecule has 2 aromatic rings. The third-order valence-corrected chi connectivity index (χ3v) is 3.85. The zero-order valence-electron chi connectivity index (χ0n) is 12.4. The Balaban J connectivity index is 2.14. The maximum atomic E-state index is 14.6. The SMILES string of the molecule is CC(C)c1ccc2c(N3CCC(=O)NC3=O)cncc2c1F. The number of aromatic nitrogens is 1. The van der Waals surface area contributed by atoms with E-state index in [0.717, 1.165) is 0 Å². The van der Waals surface area contributed by atoms with Gasteiger partial charge in [-0.3, -0.25) is 20.0 Å². The molecule has 1 aromatic heterocycles. The number of urea groups is 1. The number of hydrogen-bond donors (Lipinski definition) is 1. The van der Waals surface area contributed by atoms with E-state index in [1.807, 2.05) is 13.8 Å². The Bertz CT molecular complexity index is 773. The molecule has 22 heavy (non-hydrogen) atoms. The molecule has 0 saturated carbocycles. The summed E-state index contributed by atoms with van der Waals surface area (Å²) in [6, 6.07) is 3.03. The van der Waals surface area contributed by atoms with Crippen molar-refractivity contribution in [2.24, 2.45) is 0 Å². The Labute approximate surface area is 127 Å². The molecule has 114 valence electrons. The van der Waals surface area contributed by atoms with E-state index in [2.05, 4.69) is 10.3 Å². The van der Waals surface area contributed by atoms with Gasteiger partial charge in [-0.1, -0.05) is 26.0 Å². The van der Waals surface area contributed by atoms with Crippen LogP contribution in [-0.4, -0.2) is 23.5 Å². The van der Waals surface area contributed by atoms with Crippen LogP contribution in [0, 0.1) is 5.82 Å². The Morgan fingerprint density at radius 3 is 2.68 bits per heavy atom. The van der Waals surface area contributed by atoms with Gasteiger partial charge in [0.05, 0.1) is 11.9 Å². The molecule has 1 N–H and O–H groups in total. The summed E-state index contributed by atoms with van der Waals surface area (Å²) in [4.78, 5) is 28.7. The van der Waals surface area contributed by atoms with Crippen LogP contribution in [0.25, 0.3) is 10.8 Å². The second-order valence-corrected chi connectivity index (χ2v) is 5.63. The van der Waals surface area contributed by atoms with Crippen molar-refractivity contribution >= 4 is 28.4 Å². The molecular weight excluding hydrogens is 285 g/mol. The fourth-order valence-electron chi connectivity index (χ4n) is 2.67. The number of rotatable bonds is 2. The second kappa shape index (κ2) is 5.36. The molecule has 0 bridgehead atoms. The van der Waals surface area contributed by atoms with Gasteiger partial charge in [0.2, 0.25) is 5.91 Å². The summed E-state index contributed by atoms with van der Waals surface area (Å²) in [6.07, 6.45) is 3.20. The highest BCUT2D eigenvalue weighted by molar-refractivity contribution is 6.09. The largest absolute Gasteiger partial charge is 0.328 e. The highest BCUT2D eigenvalue weighted by Gasteiger charge is 2.26. The molecular formula is C16H16FN3O2. The van der Waals surface area contributed by atoms with Gasteiger partial charge in [-0.25, -0.2) is 9.18 Å². The normalized spacial score (nSPS) is 15.5. The quantitative estimate of drug-likeness (QED) is 0.927. The van der Waals surface area contributed by atoms with E-state index in [1.165, 1.54) is 17.3 Å². The van der Waals surface area contributed by atoms with E-state index < -0.39 is 6.03 Å². The van der Waals surface area contributed by atoms with Crippen LogP contribution in [0.15, 0.2) is 24.5 Å². The first kappa shape index (κ1) is 14.4. The molecule has 1 aliphatic heterocycles. The van der Waals surface area contributed by atoms with Crippen LogP contribution in [0.4, 0.5) is 14.9 Å². The molecule has 3 amide bonds. The van der Waals surface area contributed by atoms with Crippen molar-refractivity contribution < 1.29 is 14.0 Å². The molecule has 0 spiro atoms. The van der Waals surface area contributed by atoms with Crippen molar-refractivity contribution in [1.82, 2.24) is 10.3 Å². The Morgan fingerprint density at radius 1 is 1.23 bits per heavy atom. The van der Waals surface area contributed by atoms with Gasteiger partial charge < -0.3 is 0 Å². The number of pyridine rings is 1. The molecule has 1 aromatic carbocycles. The summed E-state index contributed by atoms with van der Waals surface area (Å²) in [5, 5.41) is 3.26. The molecule has 0 atom stereocenters. The van der Waals surface area contributed by atoms with Crippen molar-refractivity contribution in [2.45, 2.75) is 26.2 Å². The predicted octanol–water partition coefficient (Wildman–Crippen LogP) is 2.94. The zero-order valence-corrected chi connectivity index (χ0v) is 12.4. The number of amides is 3. The number of nitrogens with one attached hydrogen (secondary N) is 1. The monoisotopic (exact) mass is 301 g/mol. The number of hydrogen-bond acceptors (Lipinski definition) is 3. The maximum Gasteiger partial charge on any atom is 0.328 e. The van der Waals surface area contributed by atoms with Crippen molar-refractivity contribution in [3.63, 3.8) is 0 Å². The number of carbonyl (C=O) groups is 2. The Morgan fingerprint density at radius 2 is 2.00 bits per heavy atom. The van der Waals surface area contributed by atoms with Crippen LogP contribution >= 0.6 is 0 Å². The van der Waals surface area contributed by atoms with Gasteiger partial charge in [-0.05, 0) is 11.5 Å². The van der Waals surface area contributed by atoms with E-state index in [1.54, 1.807) is 12.1 Å². The molecule has 0 radical (unpaired) electrons. The highest BCUT2D eigenvalue weighted by atomic mass is 19.1. The predicted molar refractivity (Wildman–Crippen MR) is 81.3 cm³/mol. The minimum absolute atomic E-state index is 0.0592. The Kier molecular flexibility index (Phi) is 3.52. The number of halogens is 1. The first-order valence-electron chi connectivity index (χ1n) is 7.16. The number of carbonyl (C=O) groups excluding carboxylic acids is 2. The Hall–Kier alpha value is -2.50. The van der Waals surface area contributed by atoms with Gasteiger partial charge in [0.25, 0.3) is 0 Å².